The number of aromatic amines is 1. The Hall–Kier alpha value is -1.03. The van der Waals surface area contributed by atoms with Gasteiger partial charge in [-0.2, -0.15) is 5.10 Å². The summed E-state index contributed by atoms with van der Waals surface area (Å²) < 4.78 is 0. The standard InChI is InChI=1S/C14H19N5O.2BrH.H2O/c15-7-9-1-3-10(4-2-9)14(20)18-12-5-6-16-13-11(12)8-17-19-13;;;/h5-6,8-10H,1-4,7,15H2,(H2,16,17,18,19,20);2*1H;1H2/t9-,10-;;;. The van der Waals surface area contributed by atoms with Crippen molar-refractivity contribution in [1.29, 1.82) is 0 Å². The first-order chi connectivity index (χ1) is 9.78. The Morgan fingerprint density at radius 1 is 1.30 bits per heavy atom. The summed E-state index contributed by atoms with van der Waals surface area (Å²) in [6.45, 7) is 0.730. The Labute approximate surface area is 155 Å². The fourth-order valence-electron chi connectivity index (χ4n) is 2.86. The Bertz CT molecular complexity index is 614. The number of carbonyl (C=O) groups is 1. The summed E-state index contributed by atoms with van der Waals surface area (Å²) >= 11 is 0. The van der Waals surface area contributed by atoms with Crippen LogP contribution < -0.4 is 11.1 Å². The molecule has 0 spiro atoms. The van der Waals surface area contributed by atoms with Crippen LogP contribution in [0, 0.1) is 11.8 Å². The number of hydrogen-bond donors (Lipinski definition) is 3. The van der Waals surface area contributed by atoms with Gasteiger partial charge in [0.1, 0.15) is 0 Å². The lowest BCUT2D eigenvalue weighted by molar-refractivity contribution is -0.121. The van der Waals surface area contributed by atoms with Gasteiger partial charge in [0, 0.05) is 12.1 Å². The summed E-state index contributed by atoms with van der Waals surface area (Å²) in [4.78, 5) is 16.5. The summed E-state index contributed by atoms with van der Waals surface area (Å²) in [6.07, 6.45) is 7.30. The predicted molar refractivity (Wildman–Crippen MR) is 101 cm³/mol. The number of fused-ring (bicyclic) bond motifs is 1. The topological polar surface area (TPSA) is 128 Å². The maximum atomic E-state index is 12.3. The molecule has 2 aromatic heterocycles. The van der Waals surface area contributed by atoms with E-state index in [2.05, 4.69) is 20.5 Å². The highest BCUT2D eigenvalue weighted by Crippen LogP contribution is 2.29. The quantitative estimate of drug-likeness (QED) is 0.657. The van der Waals surface area contributed by atoms with Crippen molar-refractivity contribution in [3.63, 3.8) is 0 Å². The number of pyridine rings is 1. The van der Waals surface area contributed by atoms with Crippen LogP contribution in [0.15, 0.2) is 18.5 Å². The molecular formula is C14H23Br2N5O2. The average Bonchev–Trinajstić information content (AvgIpc) is 2.97. The maximum absolute atomic E-state index is 12.3. The second-order valence-corrected chi connectivity index (χ2v) is 5.43. The Morgan fingerprint density at radius 2 is 2.00 bits per heavy atom. The lowest BCUT2D eigenvalue weighted by atomic mass is 9.81. The third kappa shape index (κ3) is 4.97. The number of rotatable bonds is 3. The maximum Gasteiger partial charge on any atom is 0.227 e. The van der Waals surface area contributed by atoms with Crippen LogP contribution in [0.5, 0.6) is 0 Å². The Kier molecular flexibility index (Phi) is 9.52. The van der Waals surface area contributed by atoms with E-state index in [9.17, 15) is 4.79 Å². The van der Waals surface area contributed by atoms with Gasteiger partial charge >= 0.3 is 0 Å². The van der Waals surface area contributed by atoms with Crippen molar-refractivity contribution in [1.82, 2.24) is 15.2 Å². The smallest absolute Gasteiger partial charge is 0.227 e. The highest BCUT2D eigenvalue weighted by atomic mass is 79.9. The van der Waals surface area contributed by atoms with Crippen molar-refractivity contribution in [3.8, 4) is 0 Å². The summed E-state index contributed by atoms with van der Waals surface area (Å²) in [5.41, 5.74) is 7.14. The molecule has 1 aliphatic carbocycles. The number of hydrogen-bond acceptors (Lipinski definition) is 4. The molecule has 3 rings (SSSR count). The Balaban J connectivity index is 0.00000161. The monoisotopic (exact) mass is 451 g/mol. The minimum absolute atomic E-state index is 0. The number of amides is 1. The van der Waals surface area contributed by atoms with Crippen molar-refractivity contribution in [2.24, 2.45) is 17.6 Å². The minimum atomic E-state index is 0. The Morgan fingerprint density at radius 3 is 2.65 bits per heavy atom. The third-order valence-corrected chi connectivity index (χ3v) is 4.16. The van der Waals surface area contributed by atoms with Crippen molar-refractivity contribution < 1.29 is 10.3 Å². The van der Waals surface area contributed by atoms with E-state index >= 15 is 0 Å². The van der Waals surface area contributed by atoms with E-state index < -0.39 is 0 Å². The number of aromatic nitrogens is 3. The van der Waals surface area contributed by atoms with Crippen molar-refractivity contribution in [2.75, 3.05) is 11.9 Å². The number of nitrogens with one attached hydrogen (secondary N) is 2. The molecule has 0 bridgehead atoms. The molecule has 0 aromatic carbocycles. The molecule has 0 aliphatic heterocycles. The summed E-state index contributed by atoms with van der Waals surface area (Å²) in [6, 6.07) is 1.81. The molecule has 1 fully saturated rings. The third-order valence-electron chi connectivity index (χ3n) is 4.16. The second kappa shape index (κ2) is 9.96. The first-order valence-corrected chi connectivity index (χ1v) is 7.07. The second-order valence-electron chi connectivity index (χ2n) is 5.43. The molecule has 1 amide bonds. The van der Waals surface area contributed by atoms with Gasteiger partial charge in [-0.05, 0) is 44.2 Å². The molecule has 9 heteroatoms. The number of nitrogens with zero attached hydrogens (tertiary/aromatic N) is 2. The van der Waals surface area contributed by atoms with Gasteiger partial charge in [-0.1, -0.05) is 0 Å². The van der Waals surface area contributed by atoms with Crippen LogP contribution in [-0.4, -0.2) is 33.1 Å². The van der Waals surface area contributed by atoms with E-state index in [1.165, 1.54) is 0 Å². The van der Waals surface area contributed by atoms with Crippen molar-refractivity contribution in [3.05, 3.63) is 18.5 Å². The van der Waals surface area contributed by atoms with E-state index in [1.807, 2.05) is 0 Å². The average molecular weight is 453 g/mol. The minimum Gasteiger partial charge on any atom is -0.412 e. The van der Waals surface area contributed by atoms with Crippen LogP contribution in [0.25, 0.3) is 11.0 Å². The zero-order valence-corrected chi connectivity index (χ0v) is 16.0. The highest BCUT2D eigenvalue weighted by Gasteiger charge is 2.25. The molecular weight excluding hydrogens is 430 g/mol. The van der Waals surface area contributed by atoms with Gasteiger partial charge < -0.3 is 16.5 Å². The first-order valence-electron chi connectivity index (χ1n) is 7.07. The van der Waals surface area contributed by atoms with Crippen LogP contribution in [0.1, 0.15) is 25.7 Å². The van der Waals surface area contributed by atoms with Gasteiger partial charge in [0.25, 0.3) is 0 Å². The van der Waals surface area contributed by atoms with E-state index in [1.54, 1.807) is 18.5 Å². The van der Waals surface area contributed by atoms with Crippen molar-refractivity contribution in [2.45, 2.75) is 25.7 Å². The van der Waals surface area contributed by atoms with Crippen LogP contribution in [0.2, 0.25) is 0 Å². The molecule has 2 aromatic rings. The largest absolute Gasteiger partial charge is 0.412 e. The first kappa shape index (κ1) is 22.0. The number of anilines is 1. The van der Waals surface area contributed by atoms with E-state index in [4.69, 9.17) is 5.73 Å². The fourth-order valence-corrected chi connectivity index (χ4v) is 2.86. The molecule has 7 nitrogen and oxygen atoms in total. The molecule has 6 N–H and O–H groups in total. The van der Waals surface area contributed by atoms with Crippen LogP contribution in [-0.2, 0) is 4.79 Å². The summed E-state index contributed by atoms with van der Waals surface area (Å²) in [7, 11) is 0. The number of carbonyl (C=O) groups excluding carboxylic acids is 1. The zero-order chi connectivity index (χ0) is 13.9. The molecule has 0 unspecified atom stereocenters. The molecule has 0 saturated heterocycles. The van der Waals surface area contributed by atoms with Gasteiger partial charge in [-0.25, -0.2) is 4.98 Å². The van der Waals surface area contributed by atoms with E-state index in [-0.39, 0.29) is 51.3 Å². The van der Waals surface area contributed by atoms with Gasteiger partial charge in [-0.3, -0.25) is 9.89 Å². The van der Waals surface area contributed by atoms with Gasteiger partial charge in [0.05, 0.1) is 17.3 Å². The summed E-state index contributed by atoms with van der Waals surface area (Å²) in [5, 5.41) is 10.6. The zero-order valence-electron chi connectivity index (χ0n) is 12.6. The van der Waals surface area contributed by atoms with Gasteiger partial charge in [0.2, 0.25) is 5.91 Å². The van der Waals surface area contributed by atoms with Crippen LogP contribution in [0.3, 0.4) is 0 Å². The number of halogens is 2. The fraction of sp³-hybridized carbons (Fsp3) is 0.500. The lowest BCUT2D eigenvalue weighted by Crippen LogP contribution is -2.29. The van der Waals surface area contributed by atoms with Gasteiger partial charge in [-0.15, -0.1) is 34.0 Å². The molecule has 0 atom stereocenters. The lowest BCUT2D eigenvalue weighted by Gasteiger charge is -2.26. The number of nitrogens with two attached hydrogens (primary N) is 1. The van der Waals surface area contributed by atoms with Crippen LogP contribution >= 0.6 is 34.0 Å². The predicted octanol–water partition coefficient (Wildman–Crippen LogP) is 1.99. The molecule has 2 heterocycles. The molecule has 0 radical (unpaired) electrons. The molecule has 23 heavy (non-hydrogen) atoms. The molecule has 1 saturated carbocycles. The van der Waals surface area contributed by atoms with E-state index in [0.717, 1.165) is 43.3 Å². The van der Waals surface area contributed by atoms with Gasteiger partial charge in [0.15, 0.2) is 5.65 Å². The molecule has 130 valence electrons. The van der Waals surface area contributed by atoms with E-state index in [0.29, 0.717) is 11.6 Å². The highest BCUT2D eigenvalue weighted by molar-refractivity contribution is 8.93. The van der Waals surface area contributed by atoms with Crippen LogP contribution in [0.4, 0.5) is 5.69 Å². The normalized spacial score (nSPS) is 19.9. The van der Waals surface area contributed by atoms with Crippen molar-refractivity contribution >= 4 is 56.6 Å². The number of H-pyrrole nitrogens is 1. The molecule has 1 aliphatic rings. The summed E-state index contributed by atoms with van der Waals surface area (Å²) in [5.74, 6) is 0.766. The SMILES string of the molecule is Br.Br.NC[C@H]1CC[C@H](C(=O)Nc2ccnc3[nH]ncc23)CC1.O.